The minimum atomic E-state index is -5.10. The molecular formula is C48H38N8O19S5. The van der Waals surface area contributed by atoms with Crippen molar-refractivity contribution in [3.05, 3.63) is 126 Å². The third-order valence-electron chi connectivity index (χ3n) is 11.9. The number of azo groups is 2. The monoisotopic (exact) mass is 1190 g/mol. The van der Waals surface area contributed by atoms with Crippen LogP contribution in [0.5, 0.6) is 17.2 Å². The van der Waals surface area contributed by atoms with E-state index in [1.165, 1.54) is 92.0 Å². The van der Waals surface area contributed by atoms with Crippen molar-refractivity contribution in [2.45, 2.75) is 32.9 Å². The average Bonchev–Trinajstić information content (AvgIpc) is 3.83. The quantitative estimate of drug-likeness (QED) is 0.0255. The van der Waals surface area contributed by atoms with Crippen LogP contribution in [-0.2, 0) is 50.6 Å². The maximum atomic E-state index is 13.4. The highest BCUT2D eigenvalue weighted by Crippen LogP contribution is 2.43. The van der Waals surface area contributed by atoms with Crippen LogP contribution in [0, 0.1) is 6.92 Å². The number of rotatable bonds is 17. The molecule has 414 valence electrons. The molecule has 0 aliphatic heterocycles. The molecule has 0 aliphatic carbocycles. The molecule has 0 saturated heterocycles. The number of anilines is 1. The summed E-state index contributed by atoms with van der Waals surface area (Å²) < 4.78 is 180. The Bertz CT molecular complexity index is 4770. The average molecular weight is 1190 g/mol. The fourth-order valence-corrected chi connectivity index (χ4v) is 11.2. The molecule has 1 aromatic heterocycles. The van der Waals surface area contributed by atoms with Crippen LogP contribution in [-0.4, -0.2) is 110 Å². The molecule has 0 bridgehead atoms. The predicted octanol–water partition coefficient (Wildman–Crippen LogP) is 8.63. The highest BCUT2D eigenvalue weighted by atomic mass is 32.2. The number of methoxy groups -OCH3 is 1. The van der Waals surface area contributed by atoms with Gasteiger partial charge in [-0.3, -0.25) is 27.6 Å². The second-order valence-corrected chi connectivity index (χ2v) is 24.6. The number of nitrogens with zero attached hydrogens (tertiary/aromatic N) is 7. The van der Waals surface area contributed by atoms with Crippen LogP contribution in [0.15, 0.2) is 155 Å². The Hall–Kier alpha value is -8.44. The normalized spacial score (nSPS) is 12.8. The zero-order valence-corrected chi connectivity index (χ0v) is 44.8. The van der Waals surface area contributed by atoms with Gasteiger partial charge in [-0.2, -0.15) is 57.1 Å². The lowest BCUT2D eigenvalue weighted by molar-refractivity contribution is 0.102. The highest BCUT2D eigenvalue weighted by Gasteiger charge is 2.25. The van der Waals surface area contributed by atoms with E-state index < -0.39 is 93.3 Å². The van der Waals surface area contributed by atoms with Crippen LogP contribution >= 0.6 is 0 Å². The Morgan fingerprint density at radius 2 is 1.26 bits per heavy atom. The predicted molar refractivity (Wildman–Crippen MR) is 286 cm³/mol. The van der Waals surface area contributed by atoms with Gasteiger partial charge in [0, 0.05) is 38.9 Å². The molecule has 0 unspecified atom stereocenters. The van der Waals surface area contributed by atoms with Crippen LogP contribution in [0.25, 0.3) is 49.0 Å². The van der Waals surface area contributed by atoms with Crippen molar-refractivity contribution < 1.29 is 84.2 Å². The van der Waals surface area contributed by atoms with Crippen LogP contribution in [0.3, 0.4) is 0 Å². The molecule has 0 aliphatic rings. The van der Waals surface area contributed by atoms with E-state index in [4.69, 9.17) is 14.0 Å². The minimum Gasteiger partial charge on any atom is -0.505 e. The number of fused-ring (bicyclic) bond motifs is 5. The van der Waals surface area contributed by atoms with Gasteiger partial charge in [0.1, 0.15) is 43.7 Å². The smallest absolute Gasteiger partial charge is 0.296 e. The van der Waals surface area contributed by atoms with Gasteiger partial charge >= 0.3 is 0 Å². The lowest BCUT2D eigenvalue weighted by Crippen LogP contribution is -2.12. The van der Waals surface area contributed by atoms with Crippen LogP contribution in [0.1, 0.15) is 22.3 Å². The van der Waals surface area contributed by atoms with Crippen molar-refractivity contribution in [3.8, 4) is 22.9 Å². The van der Waals surface area contributed by atoms with Crippen molar-refractivity contribution in [1.82, 2.24) is 15.0 Å². The molecule has 1 amide bonds. The maximum absolute atomic E-state index is 13.4. The van der Waals surface area contributed by atoms with E-state index in [0.29, 0.717) is 22.7 Å². The minimum absolute atomic E-state index is 0.0131. The number of aromatic hydroxyl groups is 1. The summed E-state index contributed by atoms with van der Waals surface area (Å²) in [5.41, 5.74) is 1.03. The number of nitrogens with one attached hydrogen (secondary N) is 1. The van der Waals surface area contributed by atoms with Crippen molar-refractivity contribution in [3.63, 3.8) is 0 Å². The van der Waals surface area contributed by atoms with Crippen LogP contribution in [0.2, 0.25) is 0 Å². The van der Waals surface area contributed by atoms with Crippen molar-refractivity contribution in [2.75, 3.05) is 24.8 Å². The number of carbonyl (C=O) groups is 1. The van der Waals surface area contributed by atoms with Crippen LogP contribution in [0.4, 0.5) is 28.4 Å². The summed E-state index contributed by atoms with van der Waals surface area (Å²) in [7, 11) is -22.8. The summed E-state index contributed by atoms with van der Waals surface area (Å²) in [4.78, 5) is 11.4. The Morgan fingerprint density at radius 1 is 0.600 bits per heavy atom. The zero-order valence-electron chi connectivity index (χ0n) is 40.8. The van der Waals surface area contributed by atoms with E-state index in [1.807, 2.05) is 0 Å². The third-order valence-corrected chi connectivity index (χ3v) is 16.2. The lowest BCUT2D eigenvalue weighted by Gasteiger charge is -2.13. The molecule has 32 heteroatoms. The largest absolute Gasteiger partial charge is 0.505 e. The van der Waals surface area contributed by atoms with Gasteiger partial charge in [-0.25, -0.2) is 0 Å². The number of carbonyl (C=O) groups excluding carboxylic acids is 1. The van der Waals surface area contributed by atoms with Crippen molar-refractivity contribution in [1.29, 1.82) is 0 Å². The van der Waals surface area contributed by atoms with Crippen molar-refractivity contribution >= 4 is 128 Å². The third kappa shape index (κ3) is 12.1. The van der Waals surface area contributed by atoms with Gasteiger partial charge in [0.05, 0.1) is 46.3 Å². The molecule has 0 fully saturated rings. The second kappa shape index (κ2) is 21.0. The van der Waals surface area contributed by atoms with Gasteiger partial charge in [-0.15, -0.1) is 20.4 Å². The molecule has 7 N–H and O–H groups in total. The van der Waals surface area contributed by atoms with E-state index in [-0.39, 0.29) is 90.8 Å². The Labute approximate surface area is 452 Å². The number of aryl methyl sites for hydroxylation is 1. The van der Waals surface area contributed by atoms with Gasteiger partial charge in [0.15, 0.2) is 5.75 Å². The van der Waals surface area contributed by atoms with Gasteiger partial charge in [-0.1, -0.05) is 6.07 Å². The van der Waals surface area contributed by atoms with Gasteiger partial charge in [0.2, 0.25) is 0 Å². The number of amides is 1. The van der Waals surface area contributed by atoms with E-state index >= 15 is 0 Å². The molecule has 0 saturated carbocycles. The summed E-state index contributed by atoms with van der Waals surface area (Å²) in [6, 6.07) is 24.6. The Balaban J connectivity index is 0.931. The molecular weight excluding hydrogens is 1150 g/mol. The molecule has 9 rings (SSSR count). The molecule has 80 heavy (non-hydrogen) atoms. The number of hydrogen-bond acceptors (Lipinski definition) is 20. The Morgan fingerprint density at radius 3 is 1.94 bits per heavy atom. The highest BCUT2D eigenvalue weighted by molar-refractivity contribution is 7.87. The molecule has 8 aromatic carbocycles. The van der Waals surface area contributed by atoms with Crippen LogP contribution < -0.4 is 14.8 Å². The summed E-state index contributed by atoms with van der Waals surface area (Å²) in [6.07, 6.45) is -0.125. The molecule has 27 nitrogen and oxygen atoms in total. The summed E-state index contributed by atoms with van der Waals surface area (Å²) in [5.74, 6) is -1.80. The summed E-state index contributed by atoms with van der Waals surface area (Å²) >= 11 is 0. The van der Waals surface area contributed by atoms with E-state index in [1.54, 1.807) is 6.92 Å². The van der Waals surface area contributed by atoms with E-state index in [9.17, 15) is 70.2 Å². The zero-order chi connectivity index (χ0) is 57.9. The van der Waals surface area contributed by atoms with E-state index in [2.05, 4.69) is 36.0 Å². The summed E-state index contributed by atoms with van der Waals surface area (Å²) in [5, 5.41) is 39.8. The number of phenols is 1. The number of phenolic OH excluding ortho intramolecular Hbond substituents is 1. The van der Waals surface area contributed by atoms with Gasteiger partial charge < -0.3 is 19.9 Å². The number of ether oxygens (including phenoxy) is 2. The first kappa shape index (κ1) is 56.3. The Kier molecular flexibility index (Phi) is 14.8. The van der Waals surface area contributed by atoms with Gasteiger partial charge in [0.25, 0.3) is 56.5 Å². The lowest BCUT2D eigenvalue weighted by atomic mass is 10.1. The first-order valence-electron chi connectivity index (χ1n) is 22.6. The molecule has 0 spiro atoms. The fraction of sp³-hybridized carbons (Fsp3) is 0.104. The van der Waals surface area contributed by atoms with E-state index in [0.717, 1.165) is 29.1 Å². The first-order chi connectivity index (χ1) is 37.4. The number of hydrogen-bond donors (Lipinski definition) is 7. The summed E-state index contributed by atoms with van der Waals surface area (Å²) in [6.45, 7) is 1.43. The molecule has 1 heterocycles. The topological polar surface area (TPSA) is 420 Å². The standard InChI is InChI=1S/C48H38N8O19S5/c1-25-16-30(6-12-38(25)51-52-39-11-4-26(20-42(39)74-2)48(58)49-29-5-8-34-27(17-29)19-32(77(62,63)64)23-41(34)75-14-3-15-76(59,60)61)50-53-46-44(80(71,72)73)21-28-18-31(7-9-35(28)47(46)57)56-54-40-13-10-36-37(45(40)55-56)22-33(78(65,66)67)24-43(36)79(68,69)70/h4-13,16-24,57H,3,14-15H2,1-2H3,(H,49,58)(H,59,60,61)(H,62,63,64)(H,65,66,67)(H,68,69,70)(H,71,72,73). The second-order valence-electron chi connectivity index (χ2n) is 17.4. The number of aromatic nitrogens is 3. The molecule has 9 aromatic rings. The maximum Gasteiger partial charge on any atom is 0.296 e. The fourth-order valence-electron chi connectivity index (χ4n) is 8.20. The van der Waals surface area contributed by atoms with Crippen molar-refractivity contribution in [2.24, 2.45) is 20.5 Å². The van der Waals surface area contributed by atoms with Gasteiger partial charge in [-0.05, 0) is 133 Å². The molecule has 0 atom stereocenters. The first-order valence-corrected chi connectivity index (χ1v) is 30.0. The number of benzene rings is 8. The molecule has 0 radical (unpaired) electrons. The SMILES string of the molecule is COc1cc(C(=O)Nc2ccc3c(OCCCS(=O)(=O)O)cc(S(=O)(=O)O)cc3c2)ccc1N=Nc1ccc(N=Nc2c(S(=O)(=O)O)cc3cc(-n4nc5ccc6c(S(=O)(=O)O)cc(S(=O)(=O)O)cc6c5n4)ccc3c2O)cc1C.